The van der Waals surface area contributed by atoms with Gasteiger partial charge < -0.3 is 16.0 Å². The zero-order valence-corrected chi connectivity index (χ0v) is 13.4. The van der Waals surface area contributed by atoms with Crippen LogP contribution >= 0.6 is 0 Å². The van der Waals surface area contributed by atoms with Crippen molar-refractivity contribution in [2.75, 3.05) is 20.1 Å². The summed E-state index contributed by atoms with van der Waals surface area (Å²) in [6, 6.07) is 8.38. The second-order valence-corrected chi connectivity index (χ2v) is 5.28. The summed E-state index contributed by atoms with van der Waals surface area (Å²) >= 11 is 0. The molecule has 1 aromatic rings. The molecule has 5 heteroatoms. The molecule has 1 aromatic carbocycles. The minimum atomic E-state index is 0.0176. The minimum Gasteiger partial charge on any atom is -0.355 e. The molecule has 0 unspecified atom stereocenters. The molecule has 5 nitrogen and oxygen atoms in total. The molecule has 3 N–H and O–H groups in total. The average molecular weight is 290 g/mol. The maximum atomic E-state index is 11.4. The lowest BCUT2D eigenvalue weighted by atomic mass is 10.1. The van der Waals surface area contributed by atoms with Gasteiger partial charge in [-0.3, -0.25) is 9.79 Å². The Balaban J connectivity index is 2.26. The van der Waals surface area contributed by atoms with E-state index >= 15 is 0 Å². The van der Waals surface area contributed by atoms with Crippen molar-refractivity contribution < 1.29 is 4.79 Å². The Labute approximate surface area is 127 Å². The quantitative estimate of drug-likeness (QED) is 0.422. The van der Waals surface area contributed by atoms with E-state index in [4.69, 9.17) is 0 Å². The number of carbonyl (C=O) groups excluding carboxylic acids is 1. The first-order chi connectivity index (χ1) is 10.0. The van der Waals surface area contributed by atoms with E-state index in [1.54, 1.807) is 7.05 Å². The highest BCUT2D eigenvalue weighted by atomic mass is 16.1. The van der Waals surface area contributed by atoms with Gasteiger partial charge in [0, 0.05) is 32.6 Å². The maximum Gasteiger partial charge on any atom is 0.222 e. The predicted octanol–water partition coefficient (Wildman–Crippen LogP) is 1.43. The van der Waals surface area contributed by atoms with E-state index in [9.17, 15) is 4.79 Å². The molecule has 1 rings (SSSR count). The molecule has 0 aliphatic rings. The van der Waals surface area contributed by atoms with Gasteiger partial charge in [-0.25, -0.2) is 0 Å². The van der Waals surface area contributed by atoms with Crippen molar-refractivity contribution in [3.05, 3.63) is 35.4 Å². The highest BCUT2D eigenvalue weighted by Crippen LogP contribution is 2.02. The summed E-state index contributed by atoms with van der Waals surface area (Å²) < 4.78 is 0. The van der Waals surface area contributed by atoms with E-state index in [1.165, 1.54) is 11.1 Å². The van der Waals surface area contributed by atoms with Gasteiger partial charge in [0.1, 0.15) is 0 Å². The SMILES string of the molecule is CN=C(NCCNC(=O)C(C)C)NCc1ccc(C)cc1. The van der Waals surface area contributed by atoms with Crippen LogP contribution in [0.15, 0.2) is 29.3 Å². The summed E-state index contributed by atoms with van der Waals surface area (Å²) in [5.41, 5.74) is 2.46. The molecule has 0 heterocycles. The van der Waals surface area contributed by atoms with Gasteiger partial charge in [0.15, 0.2) is 5.96 Å². The van der Waals surface area contributed by atoms with Gasteiger partial charge in [-0.1, -0.05) is 43.7 Å². The van der Waals surface area contributed by atoms with Crippen LogP contribution in [0.1, 0.15) is 25.0 Å². The molecular formula is C16H26N4O. The lowest BCUT2D eigenvalue weighted by molar-refractivity contribution is -0.123. The van der Waals surface area contributed by atoms with Gasteiger partial charge in [0.25, 0.3) is 0 Å². The summed E-state index contributed by atoms with van der Waals surface area (Å²) in [5, 5.41) is 9.27. The monoisotopic (exact) mass is 290 g/mol. The molecule has 21 heavy (non-hydrogen) atoms. The number of hydrogen-bond acceptors (Lipinski definition) is 2. The van der Waals surface area contributed by atoms with Gasteiger partial charge in [0.2, 0.25) is 5.91 Å². The van der Waals surface area contributed by atoms with Crippen LogP contribution in [-0.4, -0.2) is 32.0 Å². The number of carbonyl (C=O) groups is 1. The van der Waals surface area contributed by atoms with Crippen molar-refractivity contribution in [1.29, 1.82) is 0 Å². The molecule has 0 atom stereocenters. The molecule has 0 radical (unpaired) electrons. The summed E-state index contributed by atoms with van der Waals surface area (Å²) in [6.45, 7) is 7.78. The topological polar surface area (TPSA) is 65.5 Å². The predicted molar refractivity (Wildman–Crippen MR) is 87.2 cm³/mol. The van der Waals surface area contributed by atoms with Crippen molar-refractivity contribution in [2.45, 2.75) is 27.3 Å². The Morgan fingerprint density at radius 3 is 2.29 bits per heavy atom. The van der Waals surface area contributed by atoms with E-state index in [0.29, 0.717) is 13.1 Å². The Morgan fingerprint density at radius 1 is 1.10 bits per heavy atom. The van der Waals surface area contributed by atoms with Crippen molar-refractivity contribution in [3.8, 4) is 0 Å². The smallest absolute Gasteiger partial charge is 0.222 e. The van der Waals surface area contributed by atoms with Gasteiger partial charge in [-0.2, -0.15) is 0 Å². The standard InChI is InChI=1S/C16H26N4O/c1-12(2)15(21)18-9-10-19-16(17-4)20-11-14-7-5-13(3)6-8-14/h5-8,12H,9-11H2,1-4H3,(H,18,21)(H2,17,19,20). The fourth-order valence-electron chi connectivity index (χ4n) is 1.68. The number of benzene rings is 1. The molecule has 0 aliphatic heterocycles. The number of aryl methyl sites for hydroxylation is 1. The molecule has 0 saturated carbocycles. The lowest BCUT2D eigenvalue weighted by Crippen LogP contribution is -2.41. The van der Waals surface area contributed by atoms with E-state index in [1.807, 2.05) is 13.8 Å². The Bertz CT molecular complexity index is 466. The highest BCUT2D eigenvalue weighted by Gasteiger charge is 2.05. The Hall–Kier alpha value is -2.04. The van der Waals surface area contributed by atoms with Crippen LogP contribution in [0.3, 0.4) is 0 Å². The van der Waals surface area contributed by atoms with E-state index in [-0.39, 0.29) is 11.8 Å². The van der Waals surface area contributed by atoms with Crippen LogP contribution in [0.4, 0.5) is 0 Å². The highest BCUT2D eigenvalue weighted by molar-refractivity contribution is 5.80. The molecule has 0 bridgehead atoms. The van der Waals surface area contributed by atoms with Gasteiger partial charge in [0.05, 0.1) is 0 Å². The van der Waals surface area contributed by atoms with Crippen molar-refractivity contribution in [3.63, 3.8) is 0 Å². The number of hydrogen-bond donors (Lipinski definition) is 3. The fourth-order valence-corrected chi connectivity index (χ4v) is 1.68. The first-order valence-corrected chi connectivity index (χ1v) is 7.30. The summed E-state index contributed by atoms with van der Waals surface area (Å²) in [7, 11) is 1.73. The molecule has 0 aliphatic carbocycles. The zero-order chi connectivity index (χ0) is 15.7. The molecule has 0 spiro atoms. The lowest BCUT2D eigenvalue weighted by Gasteiger charge is -2.13. The van der Waals surface area contributed by atoms with E-state index in [2.05, 4.69) is 52.1 Å². The van der Waals surface area contributed by atoms with Crippen LogP contribution in [0, 0.1) is 12.8 Å². The van der Waals surface area contributed by atoms with Crippen molar-refractivity contribution in [2.24, 2.45) is 10.9 Å². The molecule has 0 fully saturated rings. The molecular weight excluding hydrogens is 264 g/mol. The van der Waals surface area contributed by atoms with Gasteiger partial charge in [-0.15, -0.1) is 0 Å². The second kappa shape index (κ2) is 9.00. The van der Waals surface area contributed by atoms with Gasteiger partial charge >= 0.3 is 0 Å². The Morgan fingerprint density at radius 2 is 1.71 bits per heavy atom. The van der Waals surface area contributed by atoms with Gasteiger partial charge in [-0.05, 0) is 12.5 Å². The number of amides is 1. The van der Waals surface area contributed by atoms with Crippen LogP contribution in [0.25, 0.3) is 0 Å². The van der Waals surface area contributed by atoms with Crippen LogP contribution < -0.4 is 16.0 Å². The number of nitrogens with zero attached hydrogens (tertiary/aromatic N) is 1. The second-order valence-electron chi connectivity index (χ2n) is 5.28. The van der Waals surface area contributed by atoms with Crippen LogP contribution in [0.2, 0.25) is 0 Å². The van der Waals surface area contributed by atoms with E-state index in [0.717, 1.165) is 12.5 Å². The minimum absolute atomic E-state index is 0.0176. The fraction of sp³-hybridized carbons (Fsp3) is 0.500. The van der Waals surface area contributed by atoms with E-state index < -0.39 is 0 Å². The third-order valence-electron chi connectivity index (χ3n) is 3.05. The number of aliphatic imine (C=N–C) groups is 1. The van der Waals surface area contributed by atoms with Crippen molar-refractivity contribution in [1.82, 2.24) is 16.0 Å². The molecule has 0 saturated heterocycles. The largest absolute Gasteiger partial charge is 0.355 e. The normalized spacial score (nSPS) is 11.4. The number of guanidine groups is 1. The summed E-state index contributed by atoms with van der Waals surface area (Å²) in [4.78, 5) is 15.6. The average Bonchev–Trinajstić information content (AvgIpc) is 2.47. The van der Waals surface area contributed by atoms with Crippen LogP contribution in [0.5, 0.6) is 0 Å². The third kappa shape index (κ3) is 6.79. The first-order valence-electron chi connectivity index (χ1n) is 7.30. The molecule has 0 aromatic heterocycles. The molecule has 116 valence electrons. The summed E-state index contributed by atoms with van der Waals surface area (Å²) in [6.07, 6.45) is 0. The van der Waals surface area contributed by atoms with Crippen molar-refractivity contribution >= 4 is 11.9 Å². The number of nitrogens with one attached hydrogen (secondary N) is 3. The number of rotatable bonds is 6. The Kier molecular flexibility index (Phi) is 7.29. The summed E-state index contributed by atoms with van der Waals surface area (Å²) in [5.74, 6) is 0.817. The first kappa shape index (κ1) is 17.0. The zero-order valence-electron chi connectivity index (χ0n) is 13.4. The van der Waals surface area contributed by atoms with Crippen LogP contribution in [-0.2, 0) is 11.3 Å². The third-order valence-corrected chi connectivity index (χ3v) is 3.05. The molecule has 1 amide bonds. The maximum absolute atomic E-state index is 11.4.